The van der Waals surface area contributed by atoms with Gasteiger partial charge in [-0.2, -0.15) is 0 Å². The third kappa shape index (κ3) is 2.30. The molecule has 3 aromatic rings. The van der Waals surface area contributed by atoms with Gasteiger partial charge in [0.05, 0.1) is 0 Å². The van der Waals surface area contributed by atoms with E-state index < -0.39 is 8.07 Å². The smallest absolute Gasteiger partial charge is 0.148 e. The van der Waals surface area contributed by atoms with E-state index in [1.165, 1.54) is 16.2 Å². The van der Waals surface area contributed by atoms with Gasteiger partial charge in [0.1, 0.15) is 13.8 Å². The second-order valence-electron chi connectivity index (χ2n) is 7.34. The Kier molecular flexibility index (Phi) is 4.30. The van der Waals surface area contributed by atoms with Crippen molar-refractivity contribution in [3.05, 3.63) is 54.6 Å². The molecule has 3 rings (SSSR count). The summed E-state index contributed by atoms with van der Waals surface area (Å²) in [4.78, 5) is 0. The predicted octanol–water partition coefficient (Wildman–Crippen LogP) is 4.27. The lowest BCUT2D eigenvalue weighted by atomic mass is 10.2. The molecule has 2 aromatic carbocycles. The van der Waals surface area contributed by atoms with Crippen molar-refractivity contribution in [3.63, 3.8) is 0 Å². The summed E-state index contributed by atoms with van der Waals surface area (Å²) in [6.45, 7) is 9.26. The molecule has 1 N–H and O–H groups in total. The summed E-state index contributed by atoms with van der Waals surface area (Å²) < 4.78 is 2.36. The highest BCUT2D eigenvalue weighted by atomic mass is 28.3. The molecular weight excluding hydrogens is 310 g/mol. The highest BCUT2D eigenvalue weighted by molar-refractivity contribution is 7.04. The molecule has 0 unspecified atom stereocenters. The van der Waals surface area contributed by atoms with Crippen molar-refractivity contribution in [2.24, 2.45) is 7.05 Å². The Hall–Kier alpha value is -2.00. The molecule has 2 nitrogen and oxygen atoms in total. The molecule has 0 aliphatic carbocycles. The van der Waals surface area contributed by atoms with Crippen LogP contribution in [0.2, 0.25) is 11.1 Å². The van der Waals surface area contributed by atoms with E-state index in [0.29, 0.717) is 16.8 Å². The van der Waals surface area contributed by atoms with Crippen molar-refractivity contribution in [2.75, 3.05) is 0 Å². The van der Waals surface area contributed by atoms with Gasteiger partial charge in [0.2, 0.25) is 0 Å². The topological polar surface area (TPSA) is 25.2 Å². The van der Waals surface area contributed by atoms with Gasteiger partial charge in [-0.15, -0.1) is 0 Å². The molecule has 0 saturated heterocycles. The number of hydrogen-bond acceptors (Lipinski definition) is 1. The molecule has 1 heterocycles. The Morgan fingerprint density at radius 1 is 0.875 bits per heavy atom. The third-order valence-electron chi connectivity index (χ3n) is 5.55. The van der Waals surface area contributed by atoms with Gasteiger partial charge in [0.25, 0.3) is 0 Å². The minimum Gasteiger partial charge on any atom is -0.508 e. The number of aryl methyl sites for hydroxylation is 1. The number of hydrogen-bond donors (Lipinski definition) is 1. The Balaban J connectivity index is 2.41. The number of rotatable bonds is 4. The molecular formula is C21H27NOSi. The van der Waals surface area contributed by atoms with Crippen LogP contribution >= 0.6 is 0 Å². The van der Waals surface area contributed by atoms with Gasteiger partial charge >= 0.3 is 0 Å². The number of phenols is 1. The van der Waals surface area contributed by atoms with Gasteiger partial charge in [-0.25, -0.2) is 0 Å². The van der Waals surface area contributed by atoms with Crippen LogP contribution in [0.4, 0.5) is 0 Å². The Bertz CT molecular complexity index is 855. The van der Waals surface area contributed by atoms with E-state index in [9.17, 15) is 5.11 Å². The van der Waals surface area contributed by atoms with E-state index >= 15 is 0 Å². The number of benzene rings is 2. The van der Waals surface area contributed by atoms with Gasteiger partial charge < -0.3 is 9.67 Å². The summed E-state index contributed by atoms with van der Waals surface area (Å²) in [6, 6.07) is 18.9. The number of phenolic OH excluding ortho intramolecular Hbond substituents is 1. The summed E-state index contributed by atoms with van der Waals surface area (Å²) in [5.41, 5.74) is 2.23. The summed E-state index contributed by atoms with van der Waals surface area (Å²) in [5.74, 6) is 0.442. The van der Waals surface area contributed by atoms with Crippen molar-refractivity contribution in [1.29, 1.82) is 0 Å². The highest BCUT2D eigenvalue weighted by Gasteiger charge is 2.47. The van der Waals surface area contributed by atoms with Gasteiger partial charge in [-0.05, 0) is 39.9 Å². The van der Waals surface area contributed by atoms with Gasteiger partial charge in [-0.3, -0.25) is 0 Å². The Labute approximate surface area is 145 Å². The van der Waals surface area contributed by atoms with Crippen LogP contribution in [-0.2, 0) is 7.05 Å². The first-order valence-corrected chi connectivity index (χ1v) is 10.9. The number of para-hydroxylation sites is 2. The fourth-order valence-electron chi connectivity index (χ4n) is 4.53. The minimum absolute atomic E-state index is 0.442. The Morgan fingerprint density at radius 2 is 1.46 bits per heavy atom. The van der Waals surface area contributed by atoms with Crippen LogP contribution in [0.5, 0.6) is 5.75 Å². The van der Waals surface area contributed by atoms with Crippen molar-refractivity contribution in [3.8, 4) is 5.75 Å². The van der Waals surface area contributed by atoms with E-state index in [2.05, 4.69) is 81.8 Å². The zero-order valence-electron chi connectivity index (χ0n) is 15.2. The minimum atomic E-state index is -2.16. The quantitative estimate of drug-likeness (QED) is 0.707. The van der Waals surface area contributed by atoms with Crippen LogP contribution in [0.3, 0.4) is 0 Å². The second-order valence-corrected chi connectivity index (χ2v) is 12.4. The van der Waals surface area contributed by atoms with Gasteiger partial charge in [0.15, 0.2) is 0 Å². The molecule has 0 fully saturated rings. The number of aromatic hydroxyl groups is 1. The molecule has 1 aromatic heterocycles. The molecule has 0 radical (unpaired) electrons. The summed E-state index contributed by atoms with van der Waals surface area (Å²) in [6.07, 6.45) is 0. The zero-order chi connectivity index (χ0) is 17.5. The SMILES string of the molecule is CC(C)[Si](c1ccccc1O)(c1cc2ccccc2n1C)C(C)C. The lowest BCUT2D eigenvalue weighted by Crippen LogP contribution is -2.64. The third-order valence-corrected chi connectivity index (χ3v) is 11.8. The van der Waals surface area contributed by atoms with Gasteiger partial charge in [0, 0.05) is 17.9 Å². The molecule has 3 heteroatoms. The first-order valence-electron chi connectivity index (χ1n) is 8.74. The molecule has 0 spiro atoms. The van der Waals surface area contributed by atoms with E-state index in [0.717, 1.165) is 5.19 Å². The molecule has 0 amide bonds. The average Bonchev–Trinajstić information content (AvgIpc) is 2.87. The standard InChI is InChI=1S/C21H27NOSi/c1-15(2)24(16(3)4,20-13-9-8-12-19(20)23)21-14-17-10-6-7-11-18(17)22(21)5/h6-16,23H,1-5H3. The molecule has 0 aliphatic heterocycles. The lowest BCUT2D eigenvalue weighted by molar-refractivity contribution is 0.479. The maximum absolute atomic E-state index is 10.7. The van der Waals surface area contributed by atoms with E-state index in [1.807, 2.05) is 12.1 Å². The Morgan fingerprint density at radius 3 is 2.04 bits per heavy atom. The molecule has 0 atom stereocenters. The van der Waals surface area contributed by atoms with E-state index in [4.69, 9.17) is 0 Å². The van der Waals surface area contributed by atoms with Crippen molar-refractivity contribution >= 4 is 29.5 Å². The molecule has 0 saturated carbocycles. The first kappa shape index (κ1) is 16.8. The van der Waals surface area contributed by atoms with E-state index in [1.54, 1.807) is 0 Å². The van der Waals surface area contributed by atoms with Crippen LogP contribution in [0.15, 0.2) is 54.6 Å². The van der Waals surface area contributed by atoms with Crippen LogP contribution in [-0.4, -0.2) is 17.7 Å². The summed E-state index contributed by atoms with van der Waals surface area (Å²) in [5, 5.41) is 14.5. The predicted molar refractivity (Wildman–Crippen MR) is 106 cm³/mol. The monoisotopic (exact) mass is 337 g/mol. The summed E-state index contributed by atoms with van der Waals surface area (Å²) in [7, 11) is 0.00912. The molecule has 126 valence electrons. The fraction of sp³-hybridized carbons (Fsp3) is 0.333. The second kappa shape index (κ2) is 6.13. The van der Waals surface area contributed by atoms with E-state index in [-0.39, 0.29) is 0 Å². The summed E-state index contributed by atoms with van der Waals surface area (Å²) >= 11 is 0. The lowest BCUT2D eigenvalue weighted by Gasteiger charge is -2.40. The average molecular weight is 338 g/mol. The van der Waals surface area contributed by atoms with Crippen molar-refractivity contribution in [1.82, 2.24) is 4.57 Å². The van der Waals surface area contributed by atoms with Crippen LogP contribution in [0, 0.1) is 0 Å². The molecule has 0 aliphatic rings. The maximum atomic E-state index is 10.7. The maximum Gasteiger partial charge on any atom is 0.148 e. The first-order chi connectivity index (χ1) is 11.4. The van der Waals surface area contributed by atoms with Crippen molar-refractivity contribution in [2.45, 2.75) is 38.8 Å². The normalized spacial score (nSPS) is 12.5. The fourth-order valence-corrected chi connectivity index (χ4v) is 10.5. The highest BCUT2D eigenvalue weighted by Crippen LogP contribution is 2.35. The van der Waals surface area contributed by atoms with Gasteiger partial charge in [-0.1, -0.05) is 64.1 Å². The molecule has 0 bridgehead atoms. The van der Waals surface area contributed by atoms with Crippen LogP contribution in [0.25, 0.3) is 10.9 Å². The molecule has 24 heavy (non-hydrogen) atoms. The largest absolute Gasteiger partial charge is 0.508 e. The van der Waals surface area contributed by atoms with Crippen LogP contribution < -0.4 is 10.5 Å². The zero-order valence-corrected chi connectivity index (χ0v) is 16.2. The number of fused-ring (bicyclic) bond motifs is 1. The number of nitrogens with zero attached hydrogens (tertiary/aromatic N) is 1. The van der Waals surface area contributed by atoms with Crippen LogP contribution in [0.1, 0.15) is 27.7 Å². The van der Waals surface area contributed by atoms with Crippen molar-refractivity contribution < 1.29 is 5.11 Å². The number of aromatic nitrogens is 1.